The van der Waals surface area contributed by atoms with Gasteiger partial charge in [0, 0.05) is 13.2 Å². The van der Waals surface area contributed by atoms with Crippen molar-refractivity contribution in [1.29, 1.82) is 0 Å². The molecule has 8 heteroatoms. The van der Waals surface area contributed by atoms with Gasteiger partial charge < -0.3 is 24.5 Å². The first kappa shape index (κ1) is 25.5. The number of carbonyl (C=O) groups excluding carboxylic acids is 2. The average Bonchev–Trinajstić information content (AvgIpc) is 2.47. The molecule has 0 heterocycles. The second-order valence-corrected chi connectivity index (χ2v) is 13.8. The molecule has 158 valence electrons. The van der Waals surface area contributed by atoms with E-state index in [9.17, 15) is 9.59 Å². The number of ether oxygens (including phenoxy) is 2. The van der Waals surface area contributed by atoms with Crippen molar-refractivity contribution in [3.8, 4) is 0 Å². The molecule has 27 heavy (non-hydrogen) atoms. The minimum atomic E-state index is -1.88. The van der Waals surface area contributed by atoms with Gasteiger partial charge in [-0.05, 0) is 45.3 Å². The zero-order chi connectivity index (χ0) is 21.3. The summed E-state index contributed by atoms with van der Waals surface area (Å²) in [6.07, 6.45) is 0.952. The second-order valence-electron chi connectivity index (χ2n) is 9.01. The van der Waals surface area contributed by atoms with Crippen LogP contribution in [-0.4, -0.2) is 51.9 Å². The molecule has 0 aliphatic heterocycles. The quantitative estimate of drug-likeness (QED) is 0.446. The van der Waals surface area contributed by atoms with Crippen LogP contribution >= 0.6 is 0 Å². The Morgan fingerprint density at radius 3 is 2.19 bits per heavy atom. The van der Waals surface area contributed by atoms with Gasteiger partial charge in [0.15, 0.2) is 8.32 Å². The van der Waals surface area contributed by atoms with Crippen LogP contribution in [-0.2, 0) is 13.9 Å². The Morgan fingerprint density at radius 1 is 1.11 bits per heavy atom. The molecule has 0 aromatic rings. The Balaban J connectivity index is 4.74. The molecule has 0 radical (unpaired) electrons. The van der Waals surface area contributed by atoms with Gasteiger partial charge in [-0.2, -0.15) is 0 Å². The van der Waals surface area contributed by atoms with E-state index in [1.165, 1.54) is 6.08 Å². The van der Waals surface area contributed by atoms with E-state index in [2.05, 4.69) is 51.1 Å². The molecule has 0 unspecified atom stereocenters. The molecular formula is C19H38N2O5Si. The van der Waals surface area contributed by atoms with Gasteiger partial charge in [-0.3, -0.25) is 0 Å². The largest absolute Gasteiger partial charge is 0.445 e. The summed E-state index contributed by atoms with van der Waals surface area (Å²) in [5.41, 5.74) is -0.595. The van der Waals surface area contributed by atoms with E-state index in [1.807, 2.05) is 0 Å². The van der Waals surface area contributed by atoms with Crippen LogP contribution in [0.2, 0.25) is 18.1 Å². The maximum absolute atomic E-state index is 12.1. The Bertz CT molecular complexity index is 495. The van der Waals surface area contributed by atoms with Crippen molar-refractivity contribution in [1.82, 2.24) is 10.6 Å². The van der Waals surface area contributed by atoms with Crippen molar-refractivity contribution < 1.29 is 23.5 Å². The molecule has 2 amide bonds. The molecule has 1 atom stereocenters. The molecule has 0 spiro atoms. The highest BCUT2D eigenvalue weighted by Gasteiger charge is 2.37. The second kappa shape index (κ2) is 10.7. The summed E-state index contributed by atoms with van der Waals surface area (Å²) in [5.74, 6) is 0. The fourth-order valence-electron chi connectivity index (χ4n) is 1.76. The van der Waals surface area contributed by atoms with Crippen LogP contribution < -0.4 is 10.6 Å². The number of hydrogen-bond donors (Lipinski definition) is 2. The lowest BCUT2D eigenvalue weighted by Crippen LogP contribution is -2.47. The van der Waals surface area contributed by atoms with Crippen molar-refractivity contribution >= 4 is 20.5 Å². The third-order valence-corrected chi connectivity index (χ3v) is 8.82. The Kier molecular flexibility index (Phi) is 10.1. The van der Waals surface area contributed by atoms with Gasteiger partial charge in [0.2, 0.25) is 0 Å². The molecule has 0 aliphatic carbocycles. The van der Waals surface area contributed by atoms with Crippen LogP contribution in [0, 0.1) is 0 Å². The third kappa shape index (κ3) is 11.7. The zero-order valence-electron chi connectivity index (χ0n) is 18.2. The molecule has 0 aromatic heterocycles. The number of rotatable bonds is 9. The summed E-state index contributed by atoms with van der Waals surface area (Å²) >= 11 is 0. The van der Waals surface area contributed by atoms with Gasteiger partial charge in [-0.15, -0.1) is 0 Å². The Hall–Kier alpha value is -1.54. The van der Waals surface area contributed by atoms with Crippen molar-refractivity contribution in [2.24, 2.45) is 0 Å². The molecular weight excluding hydrogens is 364 g/mol. The highest BCUT2D eigenvalue weighted by Crippen LogP contribution is 2.36. The van der Waals surface area contributed by atoms with Crippen LogP contribution in [0.15, 0.2) is 12.7 Å². The molecule has 0 rings (SSSR count). The van der Waals surface area contributed by atoms with Crippen molar-refractivity contribution in [2.75, 3.05) is 19.8 Å². The minimum Gasteiger partial charge on any atom is -0.445 e. The van der Waals surface area contributed by atoms with Crippen LogP contribution in [0.4, 0.5) is 9.59 Å². The van der Waals surface area contributed by atoms with E-state index in [1.54, 1.807) is 20.8 Å². The third-order valence-electron chi connectivity index (χ3n) is 4.28. The summed E-state index contributed by atoms with van der Waals surface area (Å²) in [7, 11) is -1.88. The monoisotopic (exact) mass is 402 g/mol. The first-order valence-electron chi connectivity index (χ1n) is 9.33. The first-order chi connectivity index (χ1) is 12.2. The molecule has 0 bridgehead atoms. The molecule has 7 nitrogen and oxygen atoms in total. The molecule has 0 saturated carbocycles. The first-order valence-corrected chi connectivity index (χ1v) is 12.2. The number of alkyl carbamates (subject to hydrolysis) is 2. The van der Waals surface area contributed by atoms with E-state index in [4.69, 9.17) is 13.9 Å². The molecule has 0 aliphatic rings. The SMILES string of the molecule is C=CCOC(=O)NC[C@H](CCO[Si](C)(C)C(C)(C)C)NC(=O)OC(C)(C)C. The van der Waals surface area contributed by atoms with Gasteiger partial charge in [-0.1, -0.05) is 33.4 Å². The average molecular weight is 403 g/mol. The highest BCUT2D eigenvalue weighted by atomic mass is 28.4. The molecule has 2 N–H and O–H groups in total. The molecule has 0 fully saturated rings. The van der Waals surface area contributed by atoms with E-state index in [-0.39, 0.29) is 24.2 Å². The van der Waals surface area contributed by atoms with Crippen LogP contribution in [0.5, 0.6) is 0 Å². The van der Waals surface area contributed by atoms with E-state index in [0.29, 0.717) is 13.0 Å². The Morgan fingerprint density at radius 2 is 1.70 bits per heavy atom. The van der Waals surface area contributed by atoms with Crippen LogP contribution in [0.1, 0.15) is 48.0 Å². The molecule has 0 aromatic carbocycles. The van der Waals surface area contributed by atoms with Crippen LogP contribution in [0.25, 0.3) is 0 Å². The number of nitrogens with one attached hydrogen (secondary N) is 2. The number of amides is 2. The van der Waals surface area contributed by atoms with Gasteiger partial charge in [0.05, 0.1) is 6.04 Å². The summed E-state index contributed by atoms with van der Waals surface area (Å²) in [4.78, 5) is 23.7. The van der Waals surface area contributed by atoms with Crippen molar-refractivity contribution in [3.63, 3.8) is 0 Å². The number of hydrogen-bond acceptors (Lipinski definition) is 5. The van der Waals surface area contributed by atoms with E-state index < -0.39 is 26.1 Å². The normalized spacial score (nSPS) is 13.5. The van der Waals surface area contributed by atoms with Gasteiger partial charge in [0.1, 0.15) is 12.2 Å². The van der Waals surface area contributed by atoms with Gasteiger partial charge in [0.25, 0.3) is 0 Å². The van der Waals surface area contributed by atoms with Crippen molar-refractivity contribution in [3.05, 3.63) is 12.7 Å². The maximum Gasteiger partial charge on any atom is 0.407 e. The van der Waals surface area contributed by atoms with Crippen LogP contribution in [0.3, 0.4) is 0 Å². The summed E-state index contributed by atoms with van der Waals surface area (Å²) in [5, 5.41) is 5.54. The lowest BCUT2D eigenvalue weighted by molar-refractivity contribution is 0.0496. The smallest absolute Gasteiger partial charge is 0.407 e. The topological polar surface area (TPSA) is 85.9 Å². The maximum atomic E-state index is 12.1. The summed E-state index contributed by atoms with van der Waals surface area (Å²) in [6.45, 7) is 20.6. The van der Waals surface area contributed by atoms with Gasteiger partial charge in [-0.25, -0.2) is 9.59 Å². The zero-order valence-corrected chi connectivity index (χ0v) is 19.2. The van der Waals surface area contributed by atoms with Gasteiger partial charge >= 0.3 is 12.2 Å². The molecule has 0 saturated heterocycles. The summed E-state index contributed by atoms with van der Waals surface area (Å²) < 4.78 is 16.4. The van der Waals surface area contributed by atoms with Crippen molar-refractivity contribution in [2.45, 2.75) is 77.7 Å². The van der Waals surface area contributed by atoms with E-state index in [0.717, 1.165) is 0 Å². The lowest BCUT2D eigenvalue weighted by Gasteiger charge is -2.36. The fraction of sp³-hybridized carbons (Fsp3) is 0.789. The summed E-state index contributed by atoms with van der Waals surface area (Å²) in [6, 6.07) is -0.333. The lowest BCUT2D eigenvalue weighted by atomic mass is 10.2. The fourth-order valence-corrected chi connectivity index (χ4v) is 2.83. The Labute approximate surface area is 165 Å². The predicted octanol–water partition coefficient (Wildman–Crippen LogP) is 4.20. The number of carbonyl (C=O) groups is 2. The highest BCUT2D eigenvalue weighted by molar-refractivity contribution is 6.74. The predicted molar refractivity (Wildman–Crippen MR) is 110 cm³/mol. The van der Waals surface area contributed by atoms with E-state index >= 15 is 0 Å². The standard InChI is InChI=1S/C19H38N2O5Si/c1-10-12-24-16(22)20-14-15(21-17(23)26-18(2,3)4)11-13-25-27(8,9)19(5,6)7/h10,15H,1,11-14H2,2-9H3,(H,20,22)(H,21,23)/t15-/m0/s1. The minimum absolute atomic E-state index is 0.105.